The average Bonchev–Trinajstić information content (AvgIpc) is 2.36. The maximum atomic E-state index is 10.3. The quantitative estimate of drug-likeness (QED) is 0.610. The number of aliphatic hydroxyl groups is 1. The van der Waals surface area contributed by atoms with Gasteiger partial charge >= 0.3 is 5.97 Å². The van der Waals surface area contributed by atoms with Crippen molar-refractivity contribution in [3.63, 3.8) is 0 Å². The van der Waals surface area contributed by atoms with Crippen LogP contribution in [0.5, 0.6) is 0 Å². The topological polar surface area (TPSA) is 66.8 Å². The van der Waals surface area contributed by atoms with Gasteiger partial charge in [0.1, 0.15) is 5.60 Å². The second-order valence-corrected chi connectivity index (χ2v) is 2.86. The van der Waals surface area contributed by atoms with Crippen LogP contribution in [0.1, 0.15) is 19.3 Å². The van der Waals surface area contributed by atoms with Crippen molar-refractivity contribution in [2.24, 2.45) is 0 Å². The van der Waals surface area contributed by atoms with Crippen molar-refractivity contribution in [1.29, 1.82) is 0 Å². The third-order valence-corrected chi connectivity index (χ3v) is 1.95. The molecule has 0 aliphatic carbocycles. The zero-order valence-corrected chi connectivity index (χ0v) is 6.25. The summed E-state index contributed by atoms with van der Waals surface area (Å²) in [6.45, 7) is 0.368. The van der Waals surface area contributed by atoms with Crippen LogP contribution in [0.25, 0.3) is 0 Å². The van der Waals surface area contributed by atoms with Gasteiger partial charge in [0.25, 0.3) is 0 Å². The summed E-state index contributed by atoms with van der Waals surface area (Å²) in [6, 6.07) is 0. The molecular weight excluding hydrogens is 148 g/mol. The van der Waals surface area contributed by atoms with Gasteiger partial charge in [-0.25, -0.2) is 0 Å². The van der Waals surface area contributed by atoms with E-state index in [9.17, 15) is 4.79 Å². The van der Waals surface area contributed by atoms with Crippen LogP contribution in [-0.4, -0.2) is 35.0 Å². The zero-order valence-electron chi connectivity index (χ0n) is 6.25. The predicted molar refractivity (Wildman–Crippen MR) is 37.3 cm³/mol. The van der Waals surface area contributed by atoms with Crippen LogP contribution >= 0.6 is 0 Å². The standard InChI is InChI=1S/C7H12O4/c8-5-7(4-6(9)10)2-1-3-11-7/h8H,1-5H2,(H,9,10). The van der Waals surface area contributed by atoms with Crippen LogP contribution in [0.15, 0.2) is 0 Å². The number of aliphatic hydroxyl groups excluding tert-OH is 1. The number of carboxylic acids is 1. The SMILES string of the molecule is O=C(O)CC1(CO)CCCO1. The van der Waals surface area contributed by atoms with E-state index >= 15 is 0 Å². The van der Waals surface area contributed by atoms with Gasteiger partial charge in [-0.05, 0) is 12.8 Å². The number of hydrogen-bond acceptors (Lipinski definition) is 3. The lowest BCUT2D eigenvalue weighted by Gasteiger charge is -2.23. The van der Waals surface area contributed by atoms with Crippen molar-refractivity contribution in [2.75, 3.05) is 13.2 Å². The van der Waals surface area contributed by atoms with E-state index in [1.54, 1.807) is 0 Å². The molecule has 1 aliphatic rings. The van der Waals surface area contributed by atoms with Gasteiger partial charge in [-0.3, -0.25) is 4.79 Å². The van der Waals surface area contributed by atoms with E-state index in [4.69, 9.17) is 14.9 Å². The fourth-order valence-corrected chi connectivity index (χ4v) is 1.35. The maximum Gasteiger partial charge on any atom is 0.306 e. The van der Waals surface area contributed by atoms with E-state index in [0.717, 1.165) is 6.42 Å². The summed E-state index contributed by atoms with van der Waals surface area (Å²) in [4.78, 5) is 10.3. The molecule has 0 spiro atoms. The van der Waals surface area contributed by atoms with Crippen molar-refractivity contribution in [1.82, 2.24) is 0 Å². The Bertz CT molecular complexity index is 149. The van der Waals surface area contributed by atoms with Crippen molar-refractivity contribution >= 4 is 5.97 Å². The molecule has 1 unspecified atom stereocenters. The van der Waals surface area contributed by atoms with Gasteiger partial charge < -0.3 is 14.9 Å². The molecule has 0 aromatic heterocycles. The van der Waals surface area contributed by atoms with E-state index in [-0.39, 0.29) is 13.0 Å². The molecule has 1 aliphatic heterocycles. The molecule has 0 aromatic carbocycles. The van der Waals surface area contributed by atoms with Gasteiger partial charge in [-0.1, -0.05) is 0 Å². The second-order valence-electron chi connectivity index (χ2n) is 2.86. The Kier molecular flexibility index (Phi) is 2.46. The highest BCUT2D eigenvalue weighted by atomic mass is 16.5. The van der Waals surface area contributed by atoms with Gasteiger partial charge in [0, 0.05) is 6.61 Å². The van der Waals surface area contributed by atoms with Crippen LogP contribution in [0.2, 0.25) is 0 Å². The van der Waals surface area contributed by atoms with Crippen LogP contribution in [0, 0.1) is 0 Å². The van der Waals surface area contributed by atoms with Crippen LogP contribution in [0.4, 0.5) is 0 Å². The highest BCUT2D eigenvalue weighted by Gasteiger charge is 2.36. The summed E-state index contributed by atoms with van der Waals surface area (Å²) in [5, 5.41) is 17.4. The Balaban J connectivity index is 2.52. The van der Waals surface area contributed by atoms with Crippen LogP contribution in [0.3, 0.4) is 0 Å². The third-order valence-electron chi connectivity index (χ3n) is 1.95. The summed E-state index contributed by atoms with van der Waals surface area (Å²) in [5.41, 5.74) is -0.786. The summed E-state index contributed by atoms with van der Waals surface area (Å²) in [7, 11) is 0. The Labute approximate surface area is 64.8 Å². The number of ether oxygens (including phenoxy) is 1. The highest BCUT2D eigenvalue weighted by molar-refractivity contribution is 5.68. The first-order valence-electron chi connectivity index (χ1n) is 3.65. The number of aliphatic carboxylic acids is 1. The number of carboxylic acid groups (broad SMARTS) is 1. The monoisotopic (exact) mass is 160 g/mol. The fraction of sp³-hybridized carbons (Fsp3) is 0.857. The van der Waals surface area contributed by atoms with Gasteiger partial charge in [-0.2, -0.15) is 0 Å². The first kappa shape index (κ1) is 8.49. The maximum absolute atomic E-state index is 10.3. The predicted octanol–water partition coefficient (Wildman–Crippen LogP) is 0.00260. The average molecular weight is 160 g/mol. The minimum Gasteiger partial charge on any atom is -0.481 e. The smallest absolute Gasteiger partial charge is 0.306 e. The molecule has 1 rings (SSSR count). The van der Waals surface area contributed by atoms with Gasteiger partial charge in [0.05, 0.1) is 13.0 Å². The molecule has 0 radical (unpaired) electrons. The van der Waals surface area contributed by atoms with Crippen LogP contribution < -0.4 is 0 Å². The Hall–Kier alpha value is -0.610. The molecule has 0 bridgehead atoms. The fourth-order valence-electron chi connectivity index (χ4n) is 1.35. The summed E-state index contributed by atoms with van der Waals surface area (Å²) in [5.74, 6) is -0.916. The molecule has 4 nitrogen and oxygen atoms in total. The van der Waals surface area contributed by atoms with E-state index in [1.165, 1.54) is 0 Å². The van der Waals surface area contributed by atoms with Gasteiger partial charge in [-0.15, -0.1) is 0 Å². The van der Waals surface area contributed by atoms with Gasteiger partial charge in [0.15, 0.2) is 0 Å². The number of hydrogen-bond donors (Lipinski definition) is 2. The number of rotatable bonds is 3. The lowest BCUT2D eigenvalue weighted by atomic mass is 9.97. The van der Waals surface area contributed by atoms with Crippen molar-refractivity contribution in [3.05, 3.63) is 0 Å². The molecule has 1 heterocycles. The van der Waals surface area contributed by atoms with E-state index in [0.29, 0.717) is 13.0 Å². The molecule has 11 heavy (non-hydrogen) atoms. The summed E-state index contributed by atoms with van der Waals surface area (Å²) in [6.07, 6.45) is 1.40. The first-order valence-corrected chi connectivity index (χ1v) is 3.65. The minimum atomic E-state index is -0.916. The molecular formula is C7H12O4. The molecule has 2 N–H and O–H groups in total. The van der Waals surface area contributed by atoms with E-state index < -0.39 is 11.6 Å². The molecule has 0 amide bonds. The summed E-state index contributed by atoms with van der Waals surface area (Å²) < 4.78 is 5.17. The first-order chi connectivity index (χ1) is 5.18. The van der Waals surface area contributed by atoms with Crippen molar-refractivity contribution in [3.8, 4) is 0 Å². The van der Waals surface area contributed by atoms with Crippen molar-refractivity contribution < 1.29 is 19.7 Å². The summed E-state index contributed by atoms with van der Waals surface area (Å²) >= 11 is 0. The Morgan fingerprint density at radius 2 is 2.36 bits per heavy atom. The lowest BCUT2D eigenvalue weighted by molar-refractivity contribution is -0.145. The molecule has 0 aromatic rings. The third kappa shape index (κ3) is 1.91. The van der Waals surface area contributed by atoms with Crippen LogP contribution in [-0.2, 0) is 9.53 Å². The molecule has 0 saturated carbocycles. The number of carbonyl (C=O) groups is 1. The van der Waals surface area contributed by atoms with E-state index in [2.05, 4.69) is 0 Å². The lowest BCUT2D eigenvalue weighted by Crippen LogP contribution is -2.35. The molecule has 1 atom stereocenters. The van der Waals surface area contributed by atoms with Gasteiger partial charge in [0.2, 0.25) is 0 Å². The molecule has 1 fully saturated rings. The zero-order chi connectivity index (χ0) is 8.32. The molecule has 64 valence electrons. The highest BCUT2D eigenvalue weighted by Crippen LogP contribution is 2.28. The van der Waals surface area contributed by atoms with E-state index in [1.807, 2.05) is 0 Å². The van der Waals surface area contributed by atoms with Crippen molar-refractivity contribution in [2.45, 2.75) is 24.9 Å². The minimum absolute atomic E-state index is 0.0938. The Morgan fingerprint density at radius 1 is 1.64 bits per heavy atom. The normalized spacial score (nSPS) is 30.6. The largest absolute Gasteiger partial charge is 0.481 e. The molecule has 4 heteroatoms. The second kappa shape index (κ2) is 3.19. The Morgan fingerprint density at radius 3 is 2.73 bits per heavy atom. The molecule has 1 saturated heterocycles.